The molecule has 2 rings (SSSR count). The van der Waals surface area contributed by atoms with Gasteiger partial charge in [-0.05, 0) is 23.3 Å². The molecule has 0 spiro atoms. The molecule has 5 heteroatoms. The highest BCUT2D eigenvalue weighted by atomic mass is 35.5. The van der Waals surface area contributed by atoms with Crippen molar-refractivity contribution in [1.29, 1.82) is 0 Å². The number of nitrogens with zero attached hydrogens (tertiary/aromatic N) is 1. The summed E-state index contributed by atoms with van der Waals surface area (Å²) in [7, 11) is 0. The maximum absolute atomic E-state index is 13.5. The molecule has 2 aromatic rings. The smallest absolute Gasteiger partial charge is 0.162 e. The number of hydrogen-bond acceptors (Lipinski definition) is 2. The Balaban J connectivity index is 2.08. The molecule has 0 fully saturated rings. The lowest BCUT2D eigenvalue weighted by Gasteiger charge is -2.12. The van der Waals surface area contributed by atoms with Crippen molar-refractivity contribution in [2.45, 2.75) is 18.9 Å². The zero-order valence-electron chi connectivity index (χ0n) is 9.98. The Morgan fingerprint density at radius 3 is 2.63 bits per heavy atom. The normalized spacial score (nSPS) is 12.4. The van der Waals surface area contributed by atoms with Gasteiger partial charge in [0.1, 0.15) is 0 Å². The lowest BCUT2D eigenvalue weighted by Crippen LogP contribution is -2.15. The second-order valence-corrected chi connectivity index (χ2v) is 4.65. The first-order chi connectivity index (χ1) is 9.08. The van der Waals surface area contributed by atoms with Gasteiger partial charge in [0, 0.05) is 25.2 Å². The van der Waals surface area contributed by atoms with Gasteiger partial charge in [0.25, 0.3) is 0 Å². The lowest BCUT2D eigenvalue weighted by molar-refractivity contribution is 0.174. The highest BCUT2D eigenvalue weighted by molar-refractivity contribution is 6.31. The Kier molecular flexibility index (Phi) is 4.45. The Morgan fingerprint density at radius 2 is 1.89 bits per heavy atom. The molecule has 1 heterocycles. The van der Waals surface area contributed by atoms with Crippen LogP contribution in [-0.4, -0.2) is 16.2 Å². The molecule has 1 aromatic heterocycles. The van der Waals surface area contributed by atoms with Crippen molar-refractivity contribution in [3.63, 3.8) is 0 Å². The van der Waals surface area contributed by atoms with Crippen LogP contribution < -0.4 is 0 Å². The van der Waals surface area contributed by atoms with Crippen molar-refractivity contribution in [3.05, 3.63) is 64.4 Å². The zero-order valence-corrected chi connectivity index (χ0v) is 10.7. The molecule has 0 bridgehead atoms. The predicted molar refractivity (Wildman–Crippen MR) is 69.0 cm³/mol. The van der Waals surface area contributed by atoms with Gasteiger partial charge < -0.3 is 5.11 Å². The molecule has 0 amide bonds. The molecule has 0 radical (unpaired) electrons. The number of halogens is 3. The summed E-state index contributed by atoms with van der Waals surface area (Å²) in [5.74, 6) is -1.82. The largest absolute Gasteiger partial charge is 0.392 e. The third-order valence-electron chi connectivity index (χ3n) is 2.80. The van der Waals surface area contributed by atoms with Gasteiger partial charge in [0.2, 0.25) is 0 Å². The van der Waals surface area contributed by atoms with E-state index >= 15 is 0 Å². The topological polar surface area (TPSA) is 33.1 Å². The highest BCUT2D eigenvalue weighted by Crippen LogP contribution is 2.18. The minimum Gasteiger partial charge on any atom is -0.392 e. The van der Waals surface area contributed by atoms with E-state index < -0.39 is 17.7 Å². The Bertz CT molecular complexity index is 577. The van der Waals surface area contributed by atoms with Crippen LogP contribution in [0, 0.1) is 11.6 Å². The number of pyridine rings is 1. The standard InChI is InChI=1S/C14H12ClF2NO/c15-12-8-18-5-4-9(12)6-11(19)7-10-2-1-3-13(16)14(10)17/h1-5,8,11,19H,6-7H2. The van der Waals surface area contributed by atoms with E-state index in [0.29, 0.717) is 5.02 Å². The number of benzene rings is 1. The molecule has 0 aliphatic heterocycles. The maximum atomic E-state index is 13.5. The molecule has 1 aromatic carbocycles. The SMILES string of the molecule is OC(Cc1ccncc1Cl)Cc1cccc(F)c1F. The van der Waals surface area contributed by atoms with Gasteiger partial charge >= 0.3 is 0 Å². The summed E-state index contributed by atoms with van der Waals surface area (Å²) in [6.45, 7) is 0. The van der Waals surface area contributed by atoms with Crippen LogP contribution in [0.2, 0.25) is 5.02 Å². The summed E-state index contributed by atoms with van der Waals surface area (Å²) in [6, 6.07) is 5.61. The highest BCUT2D eigenvalue weighted by Gasteiger charge is 2.14. The molecular weight excluding hydrogens is 272 g/mol. The van der Waals surface area contributed by atoms with Gasteiger partial charge in [0.05, 0.1) is 11.1 Å². The van der Waals surface area contributed by atoms with Crippen LogP contribution >= 0.6 is 11.6 Å². The summed E-state index contributed by atoms with van der Waals surface area (Å²) >= 11 is 5.92. The molecule has 0 aliphatic rings. The van der Waals surface area contributed by atoms with Crippen molar-refractivity contribution in [2.24, 2.45) is 0 Å². The quantitative estimate of drug-likeness (QED) is 0.935. The second-order valence-electron chi connectivity index (χ2n) is 4.24. The minimum atomic E-state index is -0.914. The van der Waals surface area contributed by atoms with Crippen LogP contribution in [0.5, 0.6) is 0 Å². The first-order valence-corrected chi connectivity index (χ1v) is 6.15. The predicted octanol–water partition coefficient (Wildman–Crippen LogP) is 3.16. The fourth-order valence-corrected chi connectivity index (χ4v) is 2.05. The molecule has 1 unspecified atom stereocenters. The summed E-state index contributed by atoms with van der Waals surface area (Å²) in [5.41, 5.74) is 0.874. The van der Waals surface area contributed by atoms with Crippen molar-refractivity contribution < 1.29 is 13.9 Å². The third kappa shape index (κ3) is 3.49. The van der Waals surface area contributed by atoms with Crippen LogP contribution in [0.25, 0.3) is 0 Å². The number of rotatable bonds is 4. The van der Waals surface area contributed by atoms with E-state index in [4.69, 9.17) is 11.6 Å². The van der Waals surface area contributed by atoms with Gasteiger partial charge in [0.15, 0.2) is 11.6 Å². The molecule has 1 N–H and O–H groups in total. The number of aromatic nitrogens is 1. The van der Waals surface area contributed by atoms with Crippen molar-refractivity contribution >= 4 is 11.6 Å². The molecule has 0 aliphatic carbocycles. The summed E-state index contributed by atoms with van der Waals surface area (Å²) in [6.07, 6.45) is 2.50. The number of aliphatic hydroxyl groups is 1. The van der Waals surface area contributed by atoms with Crippen LogP contribution in [-0.2, 0) is 12.8 Å². The maximum Gasteiger partial charge on any atom is 0.162 e. The van der Waals surface area contributed by atoms with E-state index in [9.17, 15) is 13.9 Å². The van der Waals surface area contributed by atoms with Crippen LogP contribution in [0.3, 0.4) is 0 Å². The van der Waals surface area contributed by atoms with Crippen LogP contribution in [0.15, 0.2) is 36.7 Å². The van der Waals surface area contributed by atoms with E-state index in [1.54, 1.807) is 12.3 Å². The average Bonchev–Trinajstić information content (AvgIpc) is 2.38. The van der Waals surface area contributed by atoms with E-state index in [1.807, 2.05) is 0 Å². The van der Waals surface area contributed by atoms with E-state index in [2.05, 4.69) is 4.98 Å². The Morgan fingerprint density at radius 1 is 1.16 bits per heavy atom. The molecule has 0 saturated carbocycles. The van der Waals surface area contributed by atoms with Gasteiger partial charge in [-0.15, -0.1) is 0 Å². The minimum absolute atomic E-state index is 0.0300. The molecule has 100 valence electrons. The second kappa shape index (κ2) is 6.08. The van der Waals surface area contributed by atoms with Crippen LogP contribution in [0.4, 0.5) is 8.78 Å². The van der Waals surface area contributed by atoms with E-state index in [0.717, 1.165) is 11.6 Å². The third-order valence-corrected chi connectivity index (χ3v) is 3.14. The van der Waals surface area contributed by atoms with Gasteiger partial charge in [-0.3, -0.25) is 4.98 Å². The first kappa shape index (κ1) is 13.9. The summed E-state index contributed by atoms with van der Waals surface area (Å²) in [4.78, 5) is 3.84. The molecule has 0 saturated heterocycles. The molecule has 1 atom stereocenters. The average molecular weight is 284 g/mol. The lowest BCUT2D eigenvalue weighted by atomic mass is 10.0. The fraction of sp³-hybridized carbons (Fsp3) is 0.214. The molecule has 19 heavy (non-hydrogen) atoms. The summed E-state index contributed by atoms with van der Waals surface area (Å²) in [5, 5.41) is 10.4. The van der Waals surface area contributed by atoms with E-state index in [1.165, 1.54) is 18.3 Å². The monoisotopic (exact) mass is 283 g/mol. The van der Waals surface area contributed by atoms with Gasteiger partial charge in [-0.2, -0.15) is 0 Å². The number of aliphatic hydroxyl groups excluding tert-OH is 1. The van der Waals surface area contributed by atoms with Gasteiger partial charge in [-0.25, -0.2) is 8.78 Å². The fourth-order valence-electron chi connectivity index (χ4n) is 1.86. The Hall–Kier alpha value is -1.52. The van der Waals surface area contributed by atoms with Crippen molar-refractivity contribution in [1.82, 2.24) is 4.98 Å². The zero-order chi connectivity index (χ0) is 13.8. The molecule has 2 nitrogen and oxygen atoms in total. The van der Waals surface area contributed by atoms with Crippen molar-refractivity contribution in [3.8, 4) is 0 Å². The van der Waals surface area contributed by atoms with E-state index in [-0.39, 0.29) is 18.4 Å². The molecular formula is C14H12ClF2NO. The summed E-state index contributed by atoms with van der Waals surface area (Å²) < 4.78 is 26.5. The van der Waals surface area contributed by atoms with Crippen LogP contribution in [0.1, 0.15) is 11.1 Å². The number of hydrogen-bond donors (Lipinski definition) is 1. The first-order valence-electron chi connectivity index (χ1n) is 5.77. The van der Waals surface area contributed by atoms with Gasteiger partial charge in [-0.1, -0.05) is 23.7 Å². The Labute approximate surface area is 114 Å². The van der Waals surface area contributed by atoms with Crippen molar-refractivity contribution in [2.75, 3.05) is 0 Å².